The molecule has 3 aliphatic carbocycles. The van der Waals surface area contributed by atoms with E-state index in [1.165, 1.54) is 49.7 Å². The molecule has 0 bridgehead atoms. The Morgan fingerprint density at radius 3 is 1.80 bits per heavy atom. The minimum absolute atomic E-state index is 0.118. The van der Waals surface area contributed by atoms with E-state index < -0.39 is 5.60 Å². The van der Waals surface area contributed by atoms with Gasteiger partial charge in [0.05, 0.1) is 5.56 Å². The molecule has 1 aliphatic heterocycles. The first-order valence-electron chi connectivity index (χ1n) is 18.9. The summed E-state index contributed by atoms with van der Waals surface area (Å²) in [5, 5.41) is 0. The smallest absolute Gasteiger partial charge is 0.343 e. The van der Waals surface area contributed by atoms with Gasteiger partial charge in [0.2, 0.25) is 0 Å². The molecule has 0 radical (unpaired) electrons. The predicted octanol–water partition coefficient (Wildman–Crippen LogP) is 11.4. The first kappa shape index (κ1) is 32.9. The van der Waals surface area contributed by atoms with E-state index in [2.05, 4.69) is 84.9 Å². The molecule has 0 spiro atoms. The van der Waals surface area contributed by atoms with E-state index in [4.69, 9.17) is 14.2 Å². The van der Waals surface area contributed by atoms with Crippen molar-refractivity contribution >= 4 is 11.5 Å². The van der Waals surface area contributed by atoms with E-state index in [1.807, 2.05) is 36.4 Å². The van der Waals surface area contributed by atoms with E-state index >= 15 is 0 Å². The lowest BCUT2D eigenvalue weighted by Crippen LogP contribution is -2.44. The van der Waals surface area contributed by atoms with Gasteiger partial charge < -0.3 is 14.2 Å². The van der Waals surface area contributed by atoms with Gasteiger partial charge in [-0.15, -0.1) is 0 Å². The average molecular weight is 665 g/mol. The van der Waals surface area contributed by atoms with E-state index in [1.54, 1.807) is 0 Å². The van der Waals surface area contributed by atoms with Crippen LogP contribution in [0.1, 0.15) is 98.5 Å². The largest absolute Gasteiger partial charge is 0.423 e. The van der Waals surface area contributed by atoms with Crippen LogP contribution in [0.4, 0.5) is 0 Å². The molecule has 2 saturated carbocycles. The highest BCUT2D eigenvalue weighted by Crippen LogP contribution is 2.55. The highest BCUT2D eigenvalue weighted by molar-refractivity contribution is 5.91. The van der Waals surface area contributed by atoms with Gasteiger partial charge in [0.1, 0.15) is 17.5 Å². The molecule has 3 atom stereocenters. The molecule has 0 N–H and O–H groups in total. The van der Waals surface area contributed by atoms with Crippen molar-refractivity contribution < 1.29 is 19.0 Å². The molecular formula is C46H48O4. The van der Waals surface area contributed by atoms with Gasteiger partial charge in [-0.25, -0.2) is 4.79 Å². The van der Waals surface area contributed by atoms with Crippen LogP contribution in [0.2, 0.25) is 0 Å². The van der Waals surface area contributed by atoms with Crippen LogP contribution in [0.25, 0.3) is 16.7 Å². The zero-order valence-electron chi connectivity index (χ0n) is 29.0. The normalized spacial score (nSPS) is 24.9. The molecule has 4 nitrogen and oxygen atoms in total. The summed E-state index contributed by atoms with van der Waals surface area (Å²) in [7, 11) is 0. The van der Waals surface area contributed by atoms with Crippen molar-refractivity contribution in [3.8, 4) is 11.1 Å². The van der Waals surface area contributed by atoms with Crippen molar-refractivity contribution in [3.63, 3.8) is 0 Å². The molecule has 0 unspecified atom stereocenters. The monoisotopic (exact) mass is 664 g/mol. The Morgan fingerprint density at radius 2 is 1.16 bits per heavy atom. The lowest BCUT2D eigenvalue weighted by atomic mass is 9.70. The maximum absolute atomic E-state index is 13.7. The molecule has 1 heterocycles. The molecular weight excluding hydrogens is 617 g/mol. The van der Waals surface area contributed by atoms with Crippen LogP contribution < -0.4 is 0 Å². The minimum atomic E-state index is -0.786. The fourth-order valence-electron chi connectivity index (χ4n) is 8.97. The zero-order valence-corrected chi connectivity index (χ0v) is 29.0. The third kappa shape index (κ3) is 6.64. The van der Waals surface area contributed by atoms with Crippen molar-refractivity contribution in [2.24, 2.45) is 11.8 Å². The molecule has 50 heavy (non-hydrogen) atoms. The van der Waals surface area contributed by atoms with Crippen LogP contribution >= 0.6 is 0 Å². The maximum atomic E-state index is 13.7. The summed E-state index contributed by atoms with van der Waals surface area (Å²) in [5.41, 5.74) is 6.54. The van der Waals surface area contributed by atoms with Crippen LogP contribution in [0.15, 0.2) is 133 Å². The first-order valence-corrected chi connectivity index (χ1v) is 18.9. The Kier molecular flexibility index (Phi) is 9.83. The van der Waals surface area contributed by atoms with Crippen molar-refractivity contribution in [1.29, 1.82) is 0 Å². The topological polar surface area (TPSA) is 44.8 Å². The van der Waals surface area contributed by atoms with Crippen LogP contribution in [-0.4, -0.2) is 18.4 Å². The summed E-state index contributed by atoms with van der Waals surface area (Å²) in [5.74, 6) is 1.04. The Labute approximate surface area is 297 Å². The SMILES string of the molecule is O=C(OC1=C(c2ccccc2)CCC([C@@]2(c3ccc(-c4ccccc4)cc3)O[C@@H](C3CCCCC3)O[C@H]2C2CCCCC2)=C1)c1ccccc1. The molecule has 3 fully saturated rings. The predicted molar refractivity (Wildman–Crippen MR) is 199 cm³/mol. The third-order valence-electron chi connectivity index (χ3n) is 11.6. The fourth-order valence-corrected chi connectivity index (χ4v) is 8.97. The molecule has 0 amide bonds. The molecule has 0 aromatic heterocycles. The Morgan fingerprint density at radius 1 is 0.600 bits per heavy atom. The highest BCUT2D eigenvalue weighted by Gasteiger charge is 2.57. The molecule has 4 aliphatic rings. The van der Waals surface area contributed by atoms with Crippen molar-refractivity contribution in [3.05, 3.63) is 149 Å². The number of hydrogen-bond donors (Lipinski definition) is 0. The van der Waals surface area contributed by atoms with Gasteiger partial charge in [-0.1, -0.05) is 142 Å². The number of benzene rings is 4. The summed E-state index contributed by atoms with van der Waals surface area (Å²) in [6.45, 7) is 0. The summed E-state index contributed by atoms with van der Waals surface area (Å²) >= 11 is 0. The van der Waals surface area contributed by atoms with Crippen LogP contribution in [0.5, 0.6) is 0 Å². The van der Waals surface area contributed by atoms with Crippen LogP contribution in [0.3, 0.4) is 0 Å². The Bertz CT molecular complexity index is 1800. The Balaban J connectivity index is 1.27. The van der Waals surface area contributed by atoms with E-state index in [0.717, 1.165) is 60.8 Å². The third-order valence-corrected chi connectivity index (χ3v) is 11.6. The second-order valence-electron chi connectivity index (χ2n) is 14.7. The molecule has 256 valence electrons. The number of rotatable bonds is 8. The van der Waals surface area contributed by atoms with E-state index in [-0.39, 0.29) is 18.4 Å². The van der Waals surface area contributed by atoms with E-state index in [9.17, 15) is 4.79 Å². The number of esters is 1. The van der Waals surface area contributed by atoms with Gasteiger partial charge in [0.15, 0.2) is 6.29 Å². The van der Waals surface area contributed by atoms with Crippen LogP contribution in [-0.2, 0) is 19.8 Å². The second-order valence-corrected chi connectivity index (χ2v) is 14.7. The molecule has 4 aromatic carbocycles. The van der Waals surface area contributed by atoms with Crippen molar-refractivity contribution in [2.45, 2.75) is 95.0 Å². The van der Waals surface area contributed by atoms with Gasteiger partial charge in [0, 0.05) is 11.5 Å². The minimum Gasteiger partial charge on any atom is -0.423 e. The average Bonchev–Trinajstić information content (AvgIpc) is 3.62. The highest BCUT2D eigenvalue weighted by atomic mass is 16.7. The van der Waals surface area contributed by atoms with E-state index in [0.29, 0.717) is 23.2 Å². The Hall–Kier alpha value is -4.25. The zero-order chi connectivity index (χ0) is 33.8. The summed E-state index contributed by atoms with van der Waals surface area (Å²) in [6.07, 6.45) is 15.3. The quantitative estimate of drug-likeness (QED) is 0.176. The number of hydrogen-bond acceptors (Lipinski definition) is 4. The lowest BCUT2D eigenvalue weighted by molar-refractivity contribution is -0.127. The number of ether oxygens (including phenoxy) is 3. The van der Waals surface area contributed by atoms with Gasteiger partial charge in [-0.3, -0.25) is 0 Å². The van der Waals surface area contributed by atoms with Crippen molar-refractivity contribution in [2.75, 3.05) is 0 Å². The standard InChI is InChI=1S/C46H48O4/c47-44(37-22-12-4-13-23-37)48-42-32-40(30-31-41(42)35-18-8-2-9-19-35)46(39-28-26-34(27-29-39)33-16-6-1-7-17-33)43(36-20-10-3-11-21-36)49-45(50-46)38-24-14-5-15-25-38/h1-2,4,6-9,12-13,16-19,22-23,26-29,32,36,38,43,45H,3,5,10-11,14-15,20-21,24-25,30-31H2/t43-,45-,46+/m0/s1. The summed E-state index contributed by atoms with van der Waals surface area (Å²) < 4.78 is 21.2. The van der Waals surface area contributed by atoms with Gasteiger partial charge in [-0.05, 0) is 90.5 Å². The van der Waals surface area contributed by atoms with Gasteiger partial charge in [0.25, 0.3) is 0 Å². The molecule has 1 saturated heterocycles. The molecule has 8 rings (SSSR count). The number of carbonyl (C=O) groups is 1. The molecule has 4 aromatic rings. The fraction of sp³-hybridized carbons (Fsp3) is 0.370. The van der Waals surface area contributed by atoms with Gasteiger partial charge in [-0.2, -0.15) is 0 Å². The second kappa shape index (κ2) is 14.9. The maximum Gasteiger partial charge on any atom is 0.343 e. The van der Waals surface area contributed by atoms with Crippen LogP contribution in [0, 0.1) is 11.8 Å². The first-order chi connectivity index (χ1) is 24.7. The summed E-state index contributed by atoms with van der Waals surface area (Å²) in [4.78, 5) is 13.7. The van der Waals surface area contributed by atoms with Gasteiger partial charge >= 0.3 is 5.97 Å². The molecule has 4 heteroatoms. The van der Waals surface area contributed by atoms with Crippen molar-refractivity contribution in [1.82, 2.24) is 0 Å². The number of allylic oxidation sites excluding steroid dienone is 2. The lowest BCUT2D eigenvalue weighted by Gasteiger charge is -2.41. The number of carbonyl (C=O) groups excluding carboxylic acids is 1. The summed E-state index contributed by atoms with van der Waals surface area (Å²) in [6, 6.07) is 39.3.